The molecule has 0 saturated carbocycles. The molecule has 1 aromatic rings. The first-order chi connectivity index (χ1) is 6.27. The maximum Gasteiger partial charge on any atom is 0.0322 e. The molecule has 1 aliphatic rings. The van der Waals surface area contributed by atoms with Gasteiger partial charge in [0.1, 0.15) is 0 Å². The monoisotopic (exact) mass is 177 g/mol. The molecule has 3 heteroatoms. The molecular formula is C10H15N3. The van der Waals surface area contributed by atoms with Gasteiger partial charge in [-0.05, 0) is 24.6 Å². The van der Waals surface area contributed by atoms with E-state index in [1.54, 1.807) is 0 Å². The summed E-state index contributed by atoms with van der Waals surface area (Å²) in [4.78, 5) is 6.38. The second kappa shape index (κ2) is 3.44. The van der Waals surface area contributed by atoms with E-state index in [-0.39, 0.29) is 0 Å². The number of hydrogen-bond acceptors (Lipinski definition) is 3. The van der Waals surface area contributed by atoms with Crippen LogP contribution in [0, 0.1) is 0 Å². The lowest BCUT2D eigenvalue weighted by molar-refractivity contribution is 0.103. The summed E-state index contributed by atoms with van der Waals surface area (Å²) in [6.45, 7) is 4.24. The molecule has 0 spiro atoms. The third-order valence-corrected chi connectivity index (χ3v) is 2.67. The van der Waals surface area contributed by atoms with E-state index in [1.807, 2.05) is 12.4 Å². The lowest BCUT2D eigenvalue weighted by Gasteiger charge is -2.41. The minimum absolute atomic E-state index is 0.379. The molecule has 0 aliphatic carbocycles. The van der Waals surface area contributed by atoms with Gasteiger partial charge in [-0.1, -0.05) is 0 Å². The van der Waals surface area contributed by atoms with Gasteiger partial charge in [0.25, 0.3) is 0 Å². The Morgan fingerprint density at radius 3 is 2.62 bits per heavy atom. The molecule has 2 heterocycles. The van der Waals surface area contributed by atoms with Gasteiger partial charge in [0.15, 0.2) is 0 Å². The third-order valence-electron chi connectivity index (χ3n) is 2.67. The summed E-state index contributed by atoms with van der Waals surface area (Å²) in [7, 11) is 0. The number of pyridine rings is 1. The van der Waals surface area contributed by atoms with Crippen LogP contribution in [0.4, 0.5) is 0 Å². The fourth-order valence-electron chi connectivity index (χ4n) is 1.72. The molecule has 2 N–H and O–H groups in total. The third kappa shape index (κ3) is 1.71. The average Bonchev–Trinajstić information content (AvgIpc) is 2.13. The molecule has 70 valence electrons. The van der Waals surface area contributed by atoms with Gasteiger partial charge in [-0.3, -0.25) is 9.88 Å². The normalized spacial score (nSPS) is 21.1. The first-order valence-electron chi connectivity index (χ1n) is 4.67. The molecule has 1 aromatic heterocycles. The highest BCUT2D eigenvalue weighted by Crippen LogP contribution is 2.23. The zero-order valence-corrected chi connectivity index (χ0v) is 7.85. The maximum absolute atomic E-state index is 5.73. The summed E-state index contributed by atoms with van der Waals surface area (Å²) >= 11 is 0. The van der Waals surface area contributed by atoms with Crippen molar-refractivity contribution in [3.63, 3.8) is 0 Å². The van der Waals surface area contributed by atoms with E-state index in [0.717, 1.165) is 13.1 Å². The van der Waals surface area contributed by atoms with E-state index in [0.29, 0.717) is 12.1 Å². The van der Waals surface area contributed by atoms with Crippen LogP contribution >= 0.6 is 0 Å². The van der Waals surface area contributed by atoms with Crippen LogP contribution in [0.2, 0.25) is 0 Å². The molecule has 1 unspecified atom stereocenters. The fraction of sp³-hybridized carbons (Fsp3) is 0.500. The predicted molar refractivity (Wildman–Crippen MR) is 52.2 cm³/mol. The van der Waals surface area contributed by atoms with Gasteiger partial charge in [0.2, 0.25) is 0 Å². The standard InChI is InChI=1S/C10H15N3/c1-8(13-6-10(11)7-13)9-2-4-12-5-3-9/h2-5,8,10H,6-7,11H2,1H3. The van der Waals surface area contributed by atoms with Crippen LogP contribution < -0.4 is 5.73 Å². The molecule has 0 bridgehead atoms. The van der Waals surface area contributed by atoms with Crippen molar-refractivity contribution in [3.8, 4) is 0 Å². The van der Waals surface area contributed by atoms with Gasteiger partial charge < -0.3 is 5.73 Å². The Bertz CT molecular complexity index is 267. The minimum atomic E-state index is 0.379. The average molecular weight is 177 g/mol. The van der Waals surface area contributed by atoms with Gasteiger partial charge in [-0.15, -0.1) is 0 Å². The van der Waals surface area contributed by atoms with Crippen LogP contribution in [-0.4, -0.2) is 29.0 Å². The Morgan fingerprint density at radius 1 is 1.46 bits per heavy atom. The van der Waals surface area contributed by atoms with Crippen molar-refractivity contribution < 1.29 is 0 Å². The number of rotatable bonds is 2. The quantitative estimate of drug-likeness (QED) is 0.726. The number of aromatic nitrogens is 1. The van der Waals surface area contributed by atoms with Crippen LogP contribution in [0.5, 0.6) is 0 Å². The zero-order chi connectivity index (χ0) is 9.26. The Morgan fingerprint density at radius 2 is 2.08 bits per heavy atom. The van der Waals surface area contributed by atoms with Crippen molar-refractivity contribution in [1.82, 2.24) is 9.88 Å². The SMILES string of the molecule is CC(c1ccncc1)N1CC(N)C1. The number of hydrogen-bond donors (Lipinski definition) is 1. The van der Waals surface area contributed by atoms with Crippen molar-refractivity contribution in [1.29, 1.82) is 0 Å². The van der Waals surface area contributed by atoms with E-state index in [1.165, 1.54) is 5.56 Å². The van der Waals surface area contributed by atoms with E-state index >= 15 is 0 Å². The van der Waals surface area contributed by atoms with E-state index in [4.69, 9.17) is 5.73 Å². The second-order valence-electron chi connectivity index (χ2n) is 3.67. The van der Waals surface area contributed by atoms with E-state index in [9.17, 15) is 0 Å². The Kier molecular flexibility index (Phi) is 2.29. The molecule has 1 fully saturated rings. The molecule has 1 atom stereocenters. The highest BCUT2D eigenvalue weighted by molar-refractivity contribution is 5.15. The highest BCUT2D eigenvalue weighted by Gasteiger charge is 2.27. The Labute approximate surface area is 78.6 Å². The summed E-state index contributed by atoms with van der Waals surface area (Å²) in [5.74, 6) is 0. The maximum atomic E-state index is 5.73. The molecule has 3 nitrogen and oxygen atoms in total. The molecule has 2 rings (SSSR count). The van der Waals surface area contributed by atoms with E-state index in [2.05, 4.69) is 28.9 Å². The first-order valence-corrected chi connectivity index (χ1v) is 4.67. The Balaban J connectivity index is 2.02. The largest absolute Gasteiger partial charge is 0.325 e. The van der Waals surface area contributed by atoms with Gasteiger partial charge in [0.05, 0.1) is 0 Å². The van der Waals surface area contributed by atoms with Gasteiger partial charge in [-0.2, -0.15) is 0 Å². The van der Waals surface area contributed by atoms with Crippen LogP contribution in [0.3, 0.4) is 0 Å². The highest BCUT2D eigenvalue weighted by atomic mass is 15.2. The molecule has 0 amide bonds. The fourth-order valence-corrected chi connectivity index (χ4v) is 1.72. The Hall–Kier alpha value is -0.930. The van der Waals surface area contributed by atoms with Crippen LogP contribution in [-0.2, 0) is 0 Å². The number of likely N-dealkylation sites (tertiary alicyclic amines) is 1. The smallest absolute Gasteiger partial charge is 0.0322 e. The lowest BCUT2D eigenvalue weighted by Crippen LogP contribution is -2.56. The molecule has 1 aliphatic heterocycles. The summed E-state index contributed by atoms with van der Waals surface area (Å²) in [5, 5.41) is 0. The van der Waals surface area contributed by atoms with Crippen LogP contribution in [0.1, 0.15) is 18.5 Å². The topological polar surface area (TPSA) is 42.2 Å². The second-order valence-corrected chi connectivity index (χ2v) is 3.67. The zero-order valence-electron chi connectivity index (χ0n) is 7.85. The molecule has 0 aromatic carbocycles. The van der Waals surface area contributed by atoms with Crippen LogP contribution in [0.15, 0.2) is 24.5 Å². The van der Waals surface area contributed by atoms with Gasteiger partial charge >= 0.3 is 0 Å². The van der Waals surface area contributed by atoms with E-state index < -0.39 is 0 Å². The van der Waals surface area contributed by atoms with Gasteiger partial charge in [-0.25, -0.2) is 0 Å². The minimum Gasteiger partial charge on any atom is -0.325 e. The van der Waals surface area contributed by atoms with Crippen molar-refractivity contribution in [3.05, 3.63) is 30.1 Å². The van der Waals surface area contributed by atoms with Crippen LogP contribution in [0.25, 0.3) is 0 Å². The number of nitrogens with zero attached hydrogens (tertiary/aromatic N) is 2. The lowest BCUT2D eigenvalue weighted by atomic mass is 10.0. The van der Waals surface area contributed by atoms with Crippen molar-refractivity contribution in [2.75, 3.05) is 13.1 Å². The summed E-state index contributed by atoms with van der Waals surface area (Å²) in [6.07, 6.45) is 3.68. The summed E-state index contributed by atoms with van der Waals surface area (Å²) < 4.78 is 0. The molecule has 0 radical (unpaired) electrons. The first kappa shape index (κ1) is 8.66. The van der Waals surface area contributed by atoms with Gasteiger partial charge in [0, 0.05) is 37.6 Å². The van der Waals surface area contributed by atoms with Crippen molar-refractivity contribution in [2.24, 2.45) is 5.73 Å². The molecule has 1 saturated heterocycles. The summed E-state index contributed by atoms with van der Waals surface area (Å²) in [6, 6.07) is 4.98. The number of nitrogens with two attached hydrogens (primary N) is 1. The predicted octanol–water partition coefficient (Wildman–Crippen LogP) is 0.785. The molecule has 13 heavy (non-hydrogen) atoms. The molecular weight excluding hydrogens is 162 g/mol. The van der Waals surface area contributed by atoms with Crippen molar-refractivity contribution >= 4 is 0 Å². The van der Waals surface area contributed by atoms with Crippen molar-refractivity contribution in [2.45, 2.75) is 19.0 Å². The summed E-state index contributed by atoms with van der Waals surface area (Å²) in [5.41, 5.74) is 7.05.